The van der Waals surface area contributed by atoms with E-state index in [2.05, 4.69) is 10.2 Å². The second kappa shape index (κ2) is 7.27. The van der Waals surface area contributed by atoms with Gasteiger partial charge in [0.25, 0.3) is 5.91 Å². The highest BCUT2D eigenvalue weighted by Gasteiger charge is 2.39. The third kappa shape index (κ3) is 3.85. The number of quaternary nitrogens is 1. The number of rotatable bonds is 5. The van der Waals surface area contributed by atoms with Crippen molar-refractivity contribution in [1.29, 1.82) is 0 Å². The Morgan fingerprint density at radius 3 is 2.46 bits per heavy atom. The van der Waals surface area contributed by atoms with Crippen LogP contribution < -0.4 is 10.1 Å². The number of hydrogen-bond donors (Lipinski definition) is 1. The molecule has 2 aromatic carbocycles. The summed E-state index contributed by atoms with van der Waals surface area (Å²) in [5.74, 6) is 1.33. The fourth-order valence-electron chi connectivity index (χ4n) is 3.77. The fraction of sp³-hybridized carbons (Fsp3) is 0.350. The van der Waals surface area contributed by atoms with E-state index in [1.807, 2.05) is 30.3 Å². The smallest absolute Gasteiger partial charge is 0.279 e. The van der Waals surface area contributed by atoms with E-state index in [1.165, 1.54) is 0 Å². The Kier molecular flexibility index (Phi) is 4.85. The molecule has 26 heavy (non-hydrogen) atoms. The van der Waals surface area contributed by atoms with Gasteiger partial charge in [-0.15, -0.1) is 0 Å². The first kappa shape index (κ1) is 17.3. The minimum Gasteiger partial charge on any atom is -0.455 e. The van der Waals surface area contributed by atoms with Crippen molar-refractivity contribution in [3.8, 4) is 11.5 Å². The van der Waals surface area contributed by atoms with E-state index < -0.39 is 0 Å². The molecular formula is C20H23ClN3O2+. The molecule has 3 aliphatic heterocycles. The third-order valence-corrected chi connectivity index (χ3v) is 5.57. The highest BCUT2D eigenvalue weighted by Crippen LogP contribution is 2.32. The van der Waals surface area contributed by atoms with Gasteiger partial charge in [0.05, 0.1) is 25.3 Å². The number of carbonyl (C=O) groups is 1. The quantitative estimate of drug-likeness (QED) is 0.819. The molecular weight excluding hydrogens is 350 g/mol. The van der Waals surface area contributed by atoms with Gasteiger partial charge in [0.2, 0.25) is 0 Å². The summed E-state index contributed by atoms with van der Waals surface area (Å²) in [5.41, 5.74) is 0.611. The number of halogens is 1. The first-order valence-electron chi connectivity index (χ1n) is 9.02. The van der Waals surface area contributed by atoms with Crippen LogP contribution in [0.5, 0.6) is 11.5 Å². The SMILES string of the molecule is O=C(C[N+]12CCN(CC1)CC2)Nc1cc(Cl)ccc1Oc1ccccc1. The first-order valence-corrected chi connectivity index (χ1v) is 9.40. The first-order chi connectivity index (χ1) is 12.6. The van der Waals surface area contributed by atoms with E-state index in [4.69, 9.17) is 16.3 Å². The lowest BCUT2D eigenvalue weighted by atomic mass is 10.1. The summed E-state index contributed by atoms with van der Waals surface area (Å²) < 4.78 is 6.82. The normalized spacial score (nSPS) is 24.3. The number of ether oxygens (including phenoxy) is 1. The molecule has 5 nitrogen and oxygen atoms in total. The summed E-state index contributed by atoms with van der Waals surface area (Å²) >= 11 is 6.14. The molecule has 0 atom stereocenters. The summed E-state index contributed by atoms with van der Waals surface area (Å²) in [6, 6.07) is 14.8. The maximum absolute atomic E-state index is 12.7. The molecule has 0 unspecified atom stereocenters. The molecule has 6 heteroatoms. The van der Waals surface area contributed by atoms with Crippen LogP contribution in [0, 0.1) is 0 Å². The summed E-state index contributed by atoms with van der Waals surface area (Å²) in [6.07, 6.45) is 0. The van der Waals surface area contributed by atoms with Crippen molar-refractivity contribution in [3.05, 3.63) is 53.6 Å². The van der Waals surface area contributed by atoms with Crippen LogP contribution in [0.3, 0.4) is 0 Å². The Labute approximate surface area is 158 Å². The van der Waals surface area contributed by atoms with Gasteiger partial charge in [0.1, 0.15) is 5.75 Å². The Morgan fingerprint density at radius 1 is 1.08 bits per heavy atom. The van der Waals surface area contributed by atoms with Crippen LogP contribution in [0.15, 0.2) is 48.5 Å². The topological polar surface area (TPSA) is 41.6 Å². The molecule has 0 aromatic heterocycles. The van der Waals surface area contributed by atoms with Crippen molar-refractivity contribution in [1.82, 2.24) is 4.90 Å². The molecule has 0 aliphatic carbocycles. The van der Waals surface area contributed by atoms with Crippen molar-refractivity contribution < 1.29 is 14.0 Å². The van der Waals surface area contributed by atoms with E-state index in [9.17, 15) is 4.79 Å². The Balaban J connectivity index is 1.48. The molecule has 3 aliphatic rings. The molecule has 2 aromatic rings. The largest absolute Gasteiger partial charge is 0.455 e. The van der Waals surface area contributed by atoms with Crippen molar-refractivity contribution in [2.24, 2.45) is 0 Å². The van der Waals surface area contributed by atoms with E-state index in [0.29, 0.717) is 23.0 Å². The maximum Gasteiger partial charge on any atom is 0.279 e. The number of fused-ring (bicyclic) bond motifs is 3. The molecule has 136 valence electrons. The number of para-hydroxylation sites is 1. The van der Waals surface area contributed by atoms with E-state index in [0.717, 1.165) is 49.5 Å². The predicted octanol–water partition coefficient (Wildman–Crippen LogP) is 3.22. The zero-order valence-corrected chi connectivity index (χ0v) is 15.4. The van der Waals surface area contributed by atoms with Crippen molar-refractivity contribution >= 4 is 23.2 Å². The summed E-state index contributed by atoms with van der Waals surface area (Å²) in [4.78, 5) is 15.2. The standard InChI is InChI=1S/C20H22ClN3O2/c21-16-6-7-19(26-17-4-2-1-3-5-17)18(14-16)22-20(25)15-24-11-8-23(9-12-24)10-13-24/h1-7,14H,8-13,15H2/p+1. The van der Waals surface area contributed by atoms with Crippen molar-refractivity contribution in [2.75, 3.05) is 51.1 Å². The van der Waals surface area contributed by atoms with Crippen LogP contribution in [0.25, 0.3) is 0 Å². The Hall–Kier alpha value is -2.08. The fourth-order valence-corrected chi connectivity index (χ4v) is 3.94. The highest BCUT2D eigenvalue weighted by atomic mass is 35.5. The Bertz CT molecular complexity index is 775. The van der Waals surface area contributed by atoms with Gasteiger partial charge >= 0.3 is 0 Å². The van der Waals surface area contributed by atoms with Gasteiger partial charge in [0, 0.05) is 24.7 Å². The number of amides is 1. The molecule has 1 amide bonds. The second-order valence-corrected chi connectivity index (χ2v) is 7.55. The lowest BCUT2D eigenvalue weighted by Crippen LogP contribution is -2.68. The molecule has 3 fully saturated rings. The molecule has 0 saturated carbocycles. The number of anilines is 1. The number of piperazine rings is 3. The minimum atomic E-state index is 0.0144. The number of nitrogens with one attached hydrogen (secondary N) is 1. The zero-order chi connectivity index (χ0) is 18.0. The molecule has 0 radical (unpaired) electrons. The number of benzene rings is 2. The van der Waals surface area contributed by atoms with Gasteiger partial charge in [0.15, 0.2) is 12.3 Å². The van der Waals surface area contributed by atoms with E-state index in [1.54, 1.807) is 18.2 Å². The average molecular weight is 373 g/mol. The zero-order valence-electron chi connectivity index (χ0n) is 14.7. The van der Waals surface area contributed by atoms with E-state index >= 15 is 0 Å². The van der Waals surface area contributed by atoms with Gasteiger partial charge in [-0.25, -0.2) is 0 Å². The van der Waals surface area contributed by atoms with Crippen LogP contribution in [0.4, 0.5) is 5.69 Å². The summed E-state index contributed by atoms with van der Waals surface area (Å²) in [7, 11) is 0. The second-order valence-electron chi connectivity index (χ2n) is 7.12. The minimum absolute atomic E-state index is 0.0144. The number of carbonyl (C=O) groups excluding carboxylic acids is 1. The Morgan fingerprint density at radius 2 is 1.77 bits per heavy atom. The van der Waals surface area contributed by atoms with Crippen LogP contribution >= 0.6 is 11.6 Å². The van der Waals surface area contributed by atoms with Crippen LogP contribution in [-0.4, -0.2) is 61.1 Å². The van der Waals surface area contributed by atoms with Crippen molar-refractivity contribution in [3.63, 3.8) is 0 Å². The van der Waals surface area contributed by atoms with Crippen LogP contribution in [0.2, 0.25) is 5.02 Å². The third-order valence-electron chi connectivity index (χ3n) is 5.34. The lowest BCUT2D eigenvalue weighted by Gasteiger charge is -2.50. The number of hydrogen-bond acceptors (Lipinski definition) is 3. The molecule has 5 rings (SSSR count). The molecule has 3 heterocycles. The predicted molar refractivity (Wildman–Crippen MR) is 103 cm³/mol. The summed E-state index contributed by atoms with van der Waals surface area (Å²) in [6.45, 7) is 6.93. The highest BCUT2D eigenvalue weighted by molar-refractivity contribution is 6.31. The van der Waals surface area contributed by atoms with Crippen LogP contribution in [0.1, 0.15) is 0 Å². The van der Waals surface area contributed by atoms with Gasteiger partial charge in [-0.2, -0.15) is 0 Å². The lowest BCUT2D eigenvalue weighted by molar-refractivity contribution is -0.933. The molecule has 0 spiro atoms. The molecule has 1 N–H and O–H groups in total. The van der Waals surface area contributed by atoms with E-state index in [-0.39, 0.29) is 5.91 Å². The van der Waals surface area contributed by atoms with Gasteiger partial charge in [-0.3, -0.25) is 9.69 Å². The maximum atomic E-state index is 12.7. The van der Waals surface area contributed by atoms with Gasteiger partial charge in [-0.1, -0.05) is 29.8 Å². The summed E-state index contributed by atoms with van der Waals surface area (Å²) in [5, 5.41) is 3.59. The molecule has 2 bridgehead atoms. The van der Waals surface area contributed by atoms with Crippen molar-refractivity contribution in [2.45, 2.75) is 0 Å². The molecule has 3 saturated heterocycles. The number of nitrogens with zero attached hydrogens (tertiary/aromatic N) is 2. The van der Waals surface area contributed by atoms with Gasteiger partial charge in [-0.05, 0) is 30.3 Å². The monoisotopic (exact) mass is 372 g/mol. The van der Waals surface area contributed by atoms with Gasteiger partial charge < -0.3 is 14.5 Å². The average Bonchev–Trinajstić information content (AvgIpc) is 2.66. The van der Waals surface area contributed by atoms with Crippen LogP contribution in [-0.2, 0) is 4.79 Å².